The monoisotopic (exact) mass is 265 g/mol. The minimum atomic E-state index is -0.825. The molecule has 1 aliphatic heterocycles. The van der Waals surface area contributed by atoms with Gasteiger partial charge in [-0.3, -0.25) is 4.79 Å². The molecular formula is C12H19N5O2. The van der Waals surface area contributed by atoms with E-state index >= 15 is 0 Å². The van der Waals surface area contributed by atoms with Crippen LogP contribution in [-0.4, -0.2) is 58.7 Å². The van der Waals surface area contributed by atoms with Crippen molar-refractivity contribution >= 4 is 17.6 Å². The van der Waals surface area contributed by atoms with Crippen molar-refractivity contribution < 1.29 is 9.90 Å². The first-order chi connectivity index (χ1) is 9.13. The number of carboxylic acids is 1. The largest absolute Gasteiger partial charge is 0.481 e. The van der Waals surface area contributed by atoms with Crippen LogP contribution in [-0.2, 0) is 4.79 Å². The van der Waals surface area contributed by atoms with Gasteiger partial charge in [0.1, 0.15) is 18.0 Å². The number of carbonyl (C=O) groups is 1. The van der Waals surface area contributed by atoms with Crippen LogP contribution >= 0.6 is 0 Å². The van der Waals surface area contributed by atoms with Crippen molar-refractivity contribution in [2.75, 3.05) is 37.3 Å². The Hall–Kier alpha value is -1.89. The Labute approximate surface area is 112 Å². The van der Waals surface area contributed by atoms with Gasteiger partial charge in [0.15, 0.2) is 0 Å². The summed E-state index contributed by atoms with van der Waals surface area (Å²) in [5, 5.41) is 14.9. The SMILES string of the molecule is CN1CCC(Nc2cc(NCCC(=O)O)ncn2)C1. The molecule has 1 unspecified atom stereocenters. The predicted molar refractivity (Wildman–Crippen MR) is 72.3 cm³/mol. The lowest BCUT2D eigenvalue weighted by Crippen LogP contribution is -2.24. The molecule has 7 heteroatoms. The first-order valence-corrected chi connectivity index (χ1v) is 6.36. The highest BCUT2D eigenvalue weighted by Gasteiger charge is 2.19. The lowest BCUT2D eigenvalue weighted by atomic mass is 10.2. The number of aliphatic carboxylic acids is 1. The van der Waals surface area contributed by atoms with E-state index in [1.165, 1.54) is 6.33 Å². The third-order valence-electron chi connectivity index (χ3n) is 3.06. The van der Waals surface area contributed by atoms with Crippen molar-refractivity contribution in [3.63, 3.8) is 0 Å². The normalized spacial score (nSPS) is 19.3. The molecule has 0 radical (unpaired) electrons. The van der Waals surface area contributed by atoms with Crippen LogP contribution < -0.4 is 10.6 Å². The second kappa shape index (κ2) is 6.33. The number of likely N-dealkylation sites (tertiary alicyclic amines) is 1. The van der Waals surface area contributed by atoms with Gasteiger partial charge in [0.2, 0.25) is 0 Å². The molecule has 1 saturated heterocycles. The third kappa shape index (κ3) is 4.36. The summed E-state index contributed by atoms with van der Waals surface area (Å²) in [5.74, 6) is 0.590. The van der Waals surface area contributed by atoms with Crippen LogP contribution in [0.2, 0.25) is 0 Å². The van der Waals surface area contributed by atoms with Crippen LogP contribution in [0.1, 0.15) is 12.8 Å². The average molecular weight is 265 g/mol. The Morgan fingerprint density at radius 3 is 3.00 bits per heavy atom. The summed E-state index contributed by atoms with van der Waals surface area (Å²) in [4.78, 5) is 20.9. The summed E-state index contributed by atoms with van der Waals surface area (Å²) in [6.07, 6.45) is 2.65. The molecule has 0 amide bonds. The number of hydrogen-bond donors (Lipinski definition) is 3. The maximum absolute atomic E-state index is 10.4. The van der Waals surface area contributed by atoms with E-state index < -0.39 is 5.97 Å². The predicted octanol–water partition coefficient (Wildman–Crippen LogP) is 0.479. The molecule has 0 saturated carbocycles. The lowest BCUT2D eigenvalue weighted by molar-refractivity contribution is -0.136. The highest BCUT2D eigenvalue weighted by Crippen LogP contribution is 2.14. The smallest absolute Gasteiger partial charge is 0.305 e. The molecule has 0 spiro atoms. The number of carboxylic acid groups (broad SMARTS) is 1. The van der Waals surface area contributed by atoms with Gasteiger partial charge in [-0.05, 0) is 20.0 Å². The van der Waals surface area contributed by atoms with Crippen LogP contribution in [0, 0.1) is 0 Å². The van der Waals surface area contributed by atoms with Crippen molar-refractivity contribution in [3.05, 3.63) is 12.4 Å². The zero-order chi connectivity index (χ0) is 13.7. The number of nitrogens with one attached hydrogen (secondary N) is 2. The van der Waals surface area contributed by atoms with E-state index in [0.29, 0.717) is 18.4 Å². The van der Waals surface area contributed by atoms with Crippen molar-refractivity contribution in [2.24, 2.45) is 0 Å². The first-order valence-electron chi connectivity index (χ1n) is 6.36. The van der Waals surface area contributed by atoms with Gasteiger partial charge in [-0.2, -0.15) is 0 Å². The van der Waals surface area contributed by atoms with E-state index in [1.807, 2.05) is 0 Å². The van der Waals surface area contributed by atoms with Crippen molar-refractivity contribution in [2.45, 2.75) is 18.9 Å². The van der Waals surface area contributed by atoms with Gasteiger partial charge in [0, 0.05) is 25.2 Å². The topological polar surface area (TPSA) is 90.4 Å². The second-order valence-corrected chi connectivity index (χ2v) is 4.75. The molecule has 1 aromatic rings. The summed E-state index contributed by atoms with van der Waals surface area (Å²) >= 11 is 0. The standard InChI is InChI=1S/C12H19N5O2/c1-17-5-3-9(7-17)16-11-6-10(14-8-15-11)13-4-2-12(18)19/h6,8-9H,2-5,7H2,1H3,(H,18,19)(H2,13,14,15,16). The number of rotatable bonds is 6. The molecule has 104 valence electrons. The summed E-state index contributed by atoms with van der Waals surface area (Å²) < 4.78 is 0. The van der Waals surface area contributed by atoms with Crippen LogP contribution in [0.5, 0.6) is 0 Å². The molecule has 1 aromatic heterocycles. The van der Waals surface area contributed by atoms with Gasteiger partial charge in [-0.15, -0.1) is 0 Å². The fourth-order valence-corrected chi connectivity index (χ4v) is 2.09. The van der Waals surface area contributed by atoms with Crippen molar-refractivity contribution in [3.8, 4) is 0 Å². The molecule has 2 heterocycles. The van der Waals surface area contributed by atoms with Crippen LogP contribution in [0.3, 0.4) is 0 Å². The zero-order valence-corrected chi connectivity index (χ0v) is 11.0. The van der Waals surface area contributed by atoms with Crippen LogP contribution in [0.25, 0.3) is 0 Å². The molecule has 1 fully saturated rings. The minimum Gasteiger partial charge on any atom is -0.481 e. The Morgan fingerprint density at radius 2 is 2.32 bits per heavy atom. The molecule has 0 aromatic carbocycles. The van der Waals surface area contributed by atoms with Gasteiger partial charge < -0.3 is 20.6 Å². The summed E-state index contributed by atoms with van der Waals surface area (Å²) in [6.45, 7) is 2.45. The van der Waals surface area contributed by atoms with Crippen molar-refractivity contribution in [1.29, 1.82) is 0 Å². The molecule has 7 nitrogen and oxygen atoms in total. The Balaban J connectivity index is 1.86. The van der Waals surface area contributed by atoms with E-state index in [1.54, 1.807) is 6.07 Å². The van der Waals surface area contributed by atoms with E-state index in [2.05, 4.69) is 32.5 Å². The van der Waals surface area contributed by atoms with Crippen LogP contribution in [0.15, 0.2) is 12.4 Å². The lowest BCUT2D eigenvalue weighted by Gasteiger charge is -2.14. The van der Waals surface area contributed by atoms with E-state index in [9.17, 15) is 4.79 Å². The fraction of sp³-hybridized carbons (Fsp3) is 0.583. The van der Waals surface area contributed by atoms with Gasteiger partial charge in [0.25, 0.3) is 0 Å². The molecule has 2 rings (SSSR count). The first kappa shape index (κ1) is 13.5. The Kier molecular flexibility index (Phi) is 4.51. The minimum absolute atomic E-state index is 0.0696. The van der Waals surface area contributed by atoms with Crippen molar-refractivity contribution in [1.82, 2.24) is 14.9 Å². The number of anilines is 2. The van der Waals surface area contributed by atoms with Crippen LogP contribution in [0.4, 0.5) is 11.6 Å². The van der Waals surface area contributed by atoms with Gasteiger partial charge in [-0.1, -0.05) is 0 Å². The molecule has 1 aliphatic rings. The molecular weight excluding hydrogens is 246 g/mol. The van der Waals surface area contributed by atoms with E-state index in [0.717, 1.165) is 25.3 Å². The van der Waals surface area contributed by atoms with Gasteiger partial charge >= 0.3 is 5.97 Å². The molecule has 0 bridgehead atoms. The summed E-state index contributed by atoms with van der Waals surface area (Å²) in [7, 11) is 2.10. The third-order valence-corrected chi connectivity index (χ3v) is 3.06. The molecule has 3 N–H and O–H groups in total. The van der Waals surface area contributed by atoms with Gasteiger partial charge in [-0.25, -0.2) is 9.97 Å². The molecule has 1 atom stereocenters. The maximum Gasteiger partial charge on any atom is 0.305 e. The number of nitrogens with zero attached hydrogens (tertiary/aromatic N) is 3. The number of aromatic nitrogens is 2. The molecule has 19 heavy (non-hydrogen) atoms. The van der Waals surface area contributed by atoms with E-state index in [-0.39, 0.29) is 6.42 Å². The number of hydrogen-bond acceptors (Lipinski definition) is 6. The Bertz CT molecular complexity index is 440. The highest BCUT2D eigenvalue weighted by atomic mass is 16.4. The van der Waals surface area contributed by atoms with E-state index in [4.69, 9.17) is 5.11 Å². The highest BCUT2D eigenvalue weighted by molar-refractivity contribution is 5.67. The average Bonchev–Trinajstić information content (AvgIpc) is 2.75. The Morgan fingerprint density at radius 1 is 1.53 bits per heavy atom. The quantitative estimate of drug-likeness (QED) is 0.689. The maximum atomic E-state index is 10.4. The zero-order valence-electron chi connectivity index (χ0n) is 11.0. The fourth-order valence-electron chi connectivity index (χ4n) is 2.09. The number of likely N-dealkylation sites (N-methyl/N-ethyl adjacent to an activating group) is 1. The second-order valence-electron chi connectivity index (χ2n) is 4.75. The molecule has 0 aliphatic carbocycles. The van der Waals surface area contributed by atoms with Gasteiger partial charge in [0.05, 0.1) is 6.42 Å². The summed E-state index contributed by atoms with van der Waals surface area (Å²) in [6, 6.07) is 2.21. The summed E-state index contributed by atoms with van der Waals surface area (Å²) in [5.41, 5.74) is 0.